The minimum absolute atomic E-state index is 0.831. The van der Waals surface area contributed by atoms with Crippen molar-refractivity contribution in [3.63, 3.8) is 0 Å². The van der Waals surface area contributed by atoms with Gasteiger partial charge in [-0.2, -0.15) is 0 Å². The Morgan fingerprint density at radius 1 is 0.920 bits per heavy atom. The van der Waals surface area contributed by atoms with Gasteiger partial charge in [0.2, 0.25) is 0 Å². The molecule has 2 saturated carbocycles. The minimum atomic E-state index is 0.831. The molecule has 1 nitrogen and oxygen atoms in total. The molecule has 2 aromatic carbocycles. The zero-order valence-corrected chi connectivity index (χ0v) is 15.7. The van der Waals surface area contributed by atoms with Crippen LogP contribution in [0, 0.1) is 17.8 Å². The van der Waals surface area contributed by atoms with E-state index in [2.05, 4.69) is 60.8 Å². The molecule has 4 rings (SSSR count). The van der Waals surface area contributed by atoms with Crippen molar-refractivity contribution in [3.05, 3.63) is 54.1 Å². The van der Waals surface area contributed by atoms with E-state index >= 15 is 0 Å². The second-order valence-electron chi connectivity index (χ2n) is 8.42. The maximum atomic E-state index is 3.22. The van der Waals surface area contributed by atoms with Crippen molar-refractivity contribution in [1.29, 1.82) is 0 Å². The lowest BCUT2D eigenvalue weighted by Crippen LogP contribution is -2.12. The van der Waals surface area contributed by atoms with Gasteiger partial charge in [-0.3, -0.25) is 0 Å². The predicted octanol–water partition coefficient (Wildman–Crippen LogP) is 6.72. The van der Waals surface area contributed by atoms with Gasteiger partial charge < -0.3 is 5.32 Å². The molecular weight excluding hydrogens is 302 g/mol. The number of hydrogen-bond donors (Lipinski definition) is 1. The van der Waals surface area contributed by atoms with Crippen molar-refractivity contribution in [1.82, 2.24) is 0 Å². The van der Waals surface area contributed by atoms with Gasteiger partial charge in [-0.25, -0.2) is 0 Å². The standard InChI is InChI=1S/C24H31N/c1-17-6-8-18(9-7-17)14-22-16-24(22)20-12-10-19(11-13-20)21-4-3-5-23(15-21)25-2/h3-5,10-13,15,17-18,22,24-25H,6-9,14,16H2,1-2H3/t17-,18-,22-,24?/m0/s1. The Hall–Kier alpha value is -1.76. The summed E-state index contributed by atoms with van der Waals surface area (Å²) in [4.78, 5) is 0. The van der Waals surface area contributed by atoms with E-state index in [1.165, 1.54) is 55.3 Å². The monoisotopic (exact) mass is 333 g/mol. The summed E-state index contributed by atoms with van der Waals surface area (Å²) in [5.41, 5.74) is 5.34. The summed E-state index contributed by atoms with van der Waals surface area (Å²) < 4.78 is 0. The molecule has 132 valence electrons. The van der Waals surface area contributed by atoms with Crippen molar-refractivity contribution in [2.45, 2.75) is 51.4 Å². The third-order valence-electron chi connectivity index (χ3n) is 6.52. The van der Waals surface area contributed by atoms with Crippen molar-refractivity contribution < 1.29 is 0 Å². The molecule has 0 heterocycles. The molecule has 0 aromatic heterocycles. The topological polar surface area (TPSA) is 12.0 Å². The van der Waals surface area contributed by atoms with Gasteiger partial charge in [0.05, 0.1) is 0 Å². The van der Waals surface area contributed by atoms with Gasteiger partial charge in [0.15, 0.2) is 0 Å². The largest absolute Gasteiger partial charge is 0.388 e. The maximum absolute atomic E-state index is 3.22. The van der Waals surface area contributed by atoms with E-state index in [4.69, 9.17) is 0 Å². The summed E-state index contributed by atoms with van der Waals surface area (Å²) in [7, 11) is 1.97. The molecule has 0 saturated heterocycles. The van der Waals surface area contributed by atoms with Gasteiger partial charge in [-0.1, -0.05) is 69.0 Å². The summed E-state index contributed by atoms with van der Waals surface area (Å²) >= 11 is 0. The van der Waals surface area contributed by atoms with Crippen LogP contribution < -0.4 is 5.32 Å². The number of hydrogen-bond acceptors (Lipinski definition) is 1. The zero-order chi connectivity index (χ0) is 17.2. The molecule has 25 heavy (non-hydrogen) atoms. The lowest BCUT2D eigenvalue weighted by Gasteiger charge is -2.26. The highest BCUT2D eigenvalue weighted by atomic mass is 14.8. The third-order valence-corrected chi connectivity index (χ3v) is 6.52. The molecule has 2 atom stereocenters. The van der Waals surface area contributed by atoms with Gasteiger partial charge in [0.1, 0.15) is 0 Å². The van der Waals surface area contributed by atoms with E-state index in [0.29, 0.717) is 0 Å². The fourth-order valence-corrected chi connectivity index (χ4v) is 4.69. The van der Waals surface area contributed by atoms with Gasteiger partial charge in [0, 0.05) is 12.7 Å². The van der Waals surface area contributed by atoms with Gasteiger partial charge in [0.25, 0.3) is 0 Å². The summed E-state index contributed by atoms with van der Waals surface area (Å²) in [6.07, 6.45) is 8.77. The molecule has 0 spiro atoms. The van der Waals surface area contributed by atoms with Crippen molar-refractivity contribution >= 4 is 5.69 Å². The zero-order valence-electron chi connectivity index (χ0n) is 15.7. The van der Waals surface area contributed by atoms with E-state index in [-0.39, 0.29) is 0 Å². The van der Waals surface area contributed by atoms with Crippen LogP contribution in [0.3, 0.4) is 0 Å². The van der Waals surface area contributed by atoms with E-state index in [9.17, 15) is 0 Å². The van der Waals surface area contributed by atoms with Crippen LogP contribution in [0.1, 0.15) is 56.9 Å². The van der Waals surface area contributed by atoms with Crippen LogP contribution in [0.4, 0.5) is 5.69 Å². The van der Waals surface area contributed by atoms with E-state index < -0.39 is 0 Å². The molecule has 1 unspecified atom stereocenters. The highest BCUT2D eigenvalue weighted by molar-refractivity contribution is 5.68. The molecule has 2 aliphatic rings. The Kier molecular flexibility index (Phi) is 4.83. The van der Waals surface area contributed by atoms with Crippen LogP contribution in [-0.2, 0) is 0 Å². The molecule has 0 aliphatic heterocycles. The minimum Gasteiger partial charge on any atom is -0.388 e. The highest BCUT2D eigenvalue weighted by Crippen LogP contribution is 2.52. The molecular formula is C24H31N. The number of nitrogens with one attached hydrogen (secondary N) is 1. The molecule has 0 radical (unpaired) electrons. The number of rotatable bonds is 5. The fourth-order valence-electron chi connectivity index (χ4n) is 4.69. The lowest BCUT2D eigenvalue weighted by atomic mass is 9.80. The van der Waals surface area contributed by atoms with Crippen LogP contribution in [-0.4, -0.2) is 7.05 Å². The molecule has 2 fully saturated rings. The highest BCUT2D eigenvalue weighted by Gasteiger charge is 2.39. The normalized spacial score (nSPS) is 28.6. The lowest BCUT2D eigenvalue weighted by molar-refractivity contribution is 0.268. The van der Waals surface area contributed by atoms with E-state index in [1.807, 2.05) is 7.05 Å². The quantitative estimate of drug-likeness (QED) is 0.640. The summed E-state index contributed by atoms with van der Waals surface area (Å²) in [5.74, 6) is 3.77. The SMILES string of the molecule is CNc1cccc(-c2ccc(C3C[C@@H]3C[C@H]3CC[C@H](C)CC3)cc2)c1. The summed E-state index contributed by atoms with van der Waals surface area (Å²) in [6.45, 7) is 2.42. The Bertz CT molecular complexity index is 694. The van der Waals surface area contributed by atoms with Crippen LogP contribution in [0.5, 0.6) is 0 Å². The Morgan fingerprint density at radius 2 is 1.68 bits per heavy atom. The van der Waals surface area contributed by atoms with Gasteiger partial charge in [-0.05, 0) is 65.3 Å². The smallest absolute Gasteiger partial charge is 0.0343 e. The van der Waals surface area contributed by atoms with Gasteiger partial charge in [-0.15, -0.1) is 0 Å². The molecule has 1 N–H and O–H groups in total. The first-order valence-electron chi connectivity index (χ1n) is 10.1. The Labute approximate surface area is 152 Å². The molecule has 2 aliphatic carbocycles. The molecule has 0 bridgehead atoms. The van der Waals surface area contributed by atoms with Crippen molar-refractivity contribution in [2.24, 2.45) is 17.8 Å². The third kappa shape index (κ3) is 3.92. The predicted molar refractivity (Wildman–Crippen MR) is 108 cm³/mol. The van der Waals surface area contributed by atoms with Gasteiger partial charge >= 0.3 is 0 Å². The fraction of sp³-hybridized carbons (Fsp3) is 0.500. The first kappa shape index (κ1) is 16.7. The van der Waals surface area contributed by atoms with Crippen molar-refractivity contribution in [2.75, 3.05) is 12.4 Å². The molecule has 1 heteroatoms. The summed E-state index contributed by atoms with van der Waals surface area (Å²) in [5, 5.41) is 3.22. The van der Waals surface area contributed by atoms with E-state index in [1.54, 1.807) is 5.56 Å². The second-order valence-corrected chi connectivity index (χ2v) is 8.42. The van der Waals surface area contributed by atoms with Crippen LogP contribution in [0.25, 0.3) is 11.1 Å². The van der Waals surface area contributed by atoms with E-state index in [0.717, 1.165) is 23.7 Å². The molecule has 0 amide bonds. The summed E-state index contributed by atoms with van der Waals surface area (Å²) in [6, 6.07) is 18.0. The Balaban J connectivity index is 1.36. The number of benzene rings is 2. The average Bonchev–Trinajstić information content (AvgIpc) is 3.43. The second kappa shape index (κ2) is 7.23. The first-order chi connectivity index (χ1) is 12.2. The maximum Gasteiger partial charge on any atom is 0.0343 e. The molecule has 2 aromatic rings. The van der Waals surface area contributed by atoms with Crippen LogP contribution in [0.15, 0.2) is 48.5 Å². The van der Waals surface area contributed by atoms with Crippen LogP contribution in [0.2, 0.25) is 0 Å². The first-order valence-corrected chi connectivity index (χ1v) is 10.1. The van der Waals surface area contributed by atoms with Crippen LogP contribution >= 0.6 is 0 Å². The number of anilines is 1. The Morgan fingerprint density at radius 3 is 2.40 bits per heavy atom. The average molecular weight is 334 g/mol. The van der Waals surface area contributed by atoms with Crippen molar-refractivity contribution in [3.8, 4) is 11.1 Å².